The van der Waals surface area contributed by atoms with Crippen LogP contribution < -0.4 is 15.4 Å². The van der Waals surface area contributed by atoms with Gasteiger partial charge in [-0.15, -0.1) is 0 Å². The average molecular weight is 353 g/mol. The summed E-state index contributed by atoms with van der Waals surface area (Å²) in [5.41, 5.74) is 1.82. The van der Waals surface area contributed by atoms with Gasteiger partial charge in [0.05, 0.1) is 11.3 Å². The van der Waals surface area contributed by atoms with Crippen LogP contribution in [-0.4, -0.2) is 18.6 Å². The van der Waals surface area contributed by atoms with Crippen LogP contribution >= 0.6 is 0 Å². The zero-order valence-corrected chi connectivity index (χ0v) is 14.5. The van der Waals surface area contributed by atoms with Crippen LogP contribution in [0.15, 0.2) is 42.5 Å². The van der Waals surface area contributed by atoms with Gasteiger partial charge in [0.25, 0.3) is 5.91 Å². The van der Waals surface area contributed by atoms with Gasteiger partial charge in [-0.3, -0.25) is 4.79 Å². The van der Waals surface area contributed by atoms with Crippen molar-refractivity contribution in [1.29, 1.82) is 5.26 Å². The van der Waals surface area contributed by atoms with Crippen molar-refractivity contribution < 1.29 is 13.9 Å². The number of nitrogens with one attached hydrogen (secondary N) is 2. The molecule has 0 bridgehead atoms. The quantitative estimate of drug-likeness (QED) is 0.799. The van der Waals surface area contributed by atoms with Gasteiger partial charge in [-0.2, -0.15) is 5.26 Å². The molecule has 1 aliphatic carbocycles. The molecular formula is C20H20FN3O2. The van der Waals surface area contributed by atoms with Crippen LogP contribution in [0.4, 0.5) is 10.1 Å². The molecule has 1 fully saturated rings. The van der Waals surface area contributed by atoms with E-state index in [-0.39, 0.29) is 24.1 Å². The maximum Gasteiger partial charge on any atom is 0.258 e. The van der Waals surface area contributed by atoms with Crippen molar-refractivity contribution in [1.82, 2.24) is 5.32 Å². The van der Waals surface area contributed by atoms with Gasteiger partial charge in [0, 0.05) is 12.1 Å². The molecule has 1 unspecified atom stereocenters. The van der Waals surface area contributed by atoms with Gasteiger partial charge < -0.3 is 15.4 Å². The van der Waals surface area contributed by atoms with Crippen LogP contribution in [0.2, 0.25) is 0 Å². The van der Waals surface area contributed by atoms with E-state index < -0.39 is 5.82 Å². The van der Waals surface area contributed by atoms with E-state index in [1.54, 1.807) is 18.2 Å². The summed E-state index contributed by atoms with van der Waals surface area (Å²) >= 11 is 0. The fourth-order valence-electron chi connectivity index (χ4n) is 2.55. The molecule has 0 saturated heterocycles. The molecule has 0 aromatic heterocycles. The number of amides is 1. The predicted octanol–water partition coefficient (Wildman–Crippen LogP) is 3.53. The Morgan fingerprint density at radius 2 is 2.04 bits per heavy atom. The lowest BCUT2D eigenvalue weighted by Crippen LogP contribution is -2.30. The monoisotopic (exact) mass is 353 g/mol. The predicted molar refractivity (Wildman–Crippen MR) is 96.3 cm³/mol. The summed E-state index contributed by atoms with van der Waals surface area (Å²) in [5.74, 6) is 0.0744. The van der Waals surface area contributed by atoms with Gasteiger partial charge in [0.15, 0.2) is 6.61 Å². The lowest BCUT2D eigenvalue weighted by molar-refractivity contribution is -0.123. The summed E-state index contributed by atoms with van der Waals surface area (Å²) in [7, 11) is 0. The Morgan fingerprint density at radius 1 is 1.31 bits per heavy atom. The minimum atomic E-state index is -0.438. The Labute approximate surface area is 151 Å². The summed E-state index contributed by atoms with van der Waals surface area (Å²) in [6.45, 7) is 1.95. The topological polar surface area (TPSA) is 74.1 Å². The zero-order valence-electron chi connectivity index (χ0n) is 14.5. The number of carbonyl (C=O) groups excluding carboxylic acids is 1. The first kappa shape index (κ1) is 17.7. The first-order valence-electron chi connectivity index (χ1n) is 8.53. The number of nitriles is 1. The van der Waals surface area contributed by atoms with E-state index in [1.807, 2.05) is 25.1 Å². The number of nitrogens with zero attached hydrogens (tertiary/aromatic N) is 1. The number of hydrogen-bond donors (Lipinski definition) is 2. The third-order valence-corrected chi connectivity index (χ3v) is 4.17. The summed E-state index contributed by atoms with van der Waals surface area (Å²) in [6.07, 6.45) is 2.10. The Hall–Kier alpha value is -3.07. The summed E-state index contributed by atoms with van der Waals surface area (Å²) in [6, 6.07) is 13.7. The molecule has 0 aliphatic heterocycles. The second-order valence-corrected chi connectivity index (χ2v) is 6.37. The van der Waals surface area contributed by atoms with Crippen LogP contribution in [-0.2, 0) is 4.79 Å². The van der Waals surface area contributed by atoms with E-state index >= 15 is 0 Å². The Morgan fingerprint density at radius 3 is 2.69 bits per heavy atom. The molecule has 0 heterocycles. The summed E-state index contributed by atoms with van der Waals surface area (Å²) in [5, 5.41) is 15.2. The van der Waals surface area contributed by atoms with Gasteiger partial charge in [0.1, 0.15) is 17.6 Å². The number of hydrogen-bond acceptors (Lipinski definition) is 4. The van der Waals surface area contributed by atoms with Crippen molar-refractivity contribution >= 4 is 11.6 Å². The van der Waals surface area contributed by atoms with Gasteiger partial charge in [-0.25, -0.2) is 4.39 Å². The molecule has 1 aliphatic rings. The van der Waals surface area contributed by atoms with Crippen molar-refractivity contribution in [3.05, 3.63) is 59.4 Å². The van der Waals surface area contributed by atoms with Crippen LogP contribution in [0.25, 0.3) is 0 Å². The number of rotatable bonds is 7. The molecule has 134 valence electrons. The molecule has 2 aromatic rings. The molecule has 0 radical (unpaired) electrons. The highest BCUT2D eigenvalue weighted by Crippen LogP contribution is 2.24. The summed E-state index contributed by atoms with van der Waals surface area (Å²) < 4.78 is 18.7. The lowest BCUT2D eigenvalue weighted by Gasteiger charge is -2.17. The van der Waals surface area contributed by atoms with Crippen LogP contribution in [0, 0.1) is 17.1 Å². The second-order valence-electron chi connectivity index (χ2n) is 6.37. The molecular weight excluding hydrogens is 333 g/mol. The minimum absolute atomic E-state index is 0.00472. The highest BCUT2D eigenvalue weighted by molar-refractivity contribution is 5.78. The Balaban J connectivity index is 1.57. The molecule has 2 aromatic carbocycles. The largest absolute Gasteiger partial charge is 0.484 e. The van der Waals surface area contributed by atoms with E-state index in [0.717, 1.165) is 18.4 Å². The zero-order chi connectivity index (χ0) is 18.5. The van der Waals surface area contributed by atoms with Gasteiger partial charge in [-0.05, 0) is 55.7 Å². The molecule has 6 heteroatoms. The van der Waals surface area contributed by atoms with Gasteiger partial charge in [0.2, 0.25) is 0 Å². The van der Waals surface area contributed by atoms with Crippen LogP contribution in [0.1, 0.15) is 36.9 Å². The molecule has 1 saturated carbocycles. The SMILES string of the molecule is CC(Nc1ccc(F)cc1C#N)c1ccc(OCC(=O)NC2CC2)cc1. The Bertz CT molecular complexity index is 826. The average Bonchev–Trinajstić information content (AvgIpc) is 3.45. The van der Waals surface area contributed by atoms with Crippen LogP contribution in [0.5, 0.6) is 5.75 Å². The molecule has 5 nitrogen and oxygen atoms in total. The van der Waals surface area contributed by atoms with Gasteiger partial charge >= 0.3 is 0 Å². The number of anilines is 1. The highest BCUT2D eigenvalue weighted by atomic mass is 19.1. The van der Waals surface area contributed by atoms with E-state index in [4.69, 9.17) is 10.00 Å². The van der Waals surface area contributed by atoms with Crippen molar-refractivity contribution in [2.45, 2.75) is 31.8 Å². The number of benzene rings is 2. The third-order valence-electron chi connectivity index (χ3n) is 4.17. The Kier molecular flexibility index (Phi) is 5.37. The van der Waals surface area contributed by atoms with E-state index in [9.17, 15) is 9.18 Å². The van der Waals surface area contributed by atoms with Gasteiger partial charge in [-0.1, -0.05) is 12.1 Å². The maximum atomic E-state index is 13.2. The van der Waals surface area contributed by atoms with Crippen molar-refractivity contribution in [3.8, 4) is 11.8 Å². The normalized spacial score (nSPS) is 14.2. The smallest absolute Gasteiger partial charge is 0.258 e. The molecule has 2 N–H and O–H groups in total. The molecule has 26 heavy (non-hydrogen) atoms. The third kappa shape index (κ3) is 4.73. The molecule has 3 rings (SSSR count). The second kappa shape index (κ2) is 7.87. The standard InChI is InChI=1S/C20H20FN3O2/c1-13(23-19-9-4-16(21)10-15(19)11-22)14-2-7-18(8-3-14)26-12-20(25)24-17-5-6-17/h2-4,7-10,13,17,23H,5-6,12H2,1H3,(H,24,25). The first-order chi connectivity index (χ1) is 12.5. The van der Waals surface area contributed by atoms with Crippen LogP contribution in [0.3, 0.4) is 0 Å². The highest BCUT2D eigenvalue weighted by Gasteiger charge is 2.23. The molecule has 1 amide bonds. The molecule has 1 atom stereocenters. The van der Waals surface area contributed by atoms with Crippen molar-refractivity contribution in [2.75, 3.05) is 11.9 Å². The van der Waals surface area contributed by atoms with Crippen molar-refractivity contribution in [3.63, 3.8) is 0 Å². The lowest BCUT2D eigenvalue weighted by atomic mass is 10.1. The van der Waals surface area contributed by atoms with E-state index in [1.165, 1.54) is 12.1 Å². The number of carbonyl (C=O) groups is 1. The maximum absolute atomic E-state index is 13.2. The molecule has 0 spiro atoms. The van der Waals surface area contributed by atoms with E-state index in [2.05, 4.69) is 10.6 Å². The number of ether oxygens (including phenoxy) is 1. The van der Waals surface area contributed by atoms with E-state index in [0.29, 0.717) is 17.5 Å². The van der Waals surface area contributed by atoms with Crippen molar-refractivity contribution in [2.24, 2.45) is 0 Å². The fourth-order valence-corrected chi connectivity index (χ4v) is 2.55. The first-order valence-corrected chi connectivity index (χ1v) is 8.53. The number of halogens is 1. The summed E-state index contributed by atoms with van der Waals surface area (Å²) in [4.78, 5) is 11.6. The fraction of sp³-hybridized carbons (Fsp3) is 0.300. The minimum Gasteiger partial charge on any atom is -0.484 e.